The molecule has 4 heteroatoms. The number of para-hydroxylation sites is 1. The van der Waals surface area contributed by atoms with Gasteiger partial charge in [0.05, 0.1) is 13.2 Å². The van der Waals surface area contributed by atoms with E-state index in [1.54, 1.807) is 0 Å². The summed E-state index contributed by atoms with van der Waals surface area (Å²) < 4.78 is 5.34. The van der Waals surface area contributed by atoms with Gasteiger partial charge in [-0.3, -0.25) is 9.69 Å². The van der Waals surface area contributed by atoms with Gasteiger partial charge in [-0.2, -0.15) is 0 Å². The molecule has 1 aromatic carbocycles. The molecule has 0 spiro atoms. The van der Waals surface area contributed by atoms with E-state index in [4.69, 9.17) is 4.74 Å². The normalized spacial score (nSPS) is 16.1. The molecular weight excluding hydrogens is 288 g/mol. The van der Waals surface area contributed by atoms with Crippen LogP contribution in [0.3, 0.4) is 0 Å². The van der Waals surface area contributed by atoms with Gasteiger partial charge in [0.1, 0.15) is 0 Å². The van der Waals surface area contributed by atoms with E-state index in [1.165, 1.54) is 11.1 Å². The van der Waals surface area contributed by atoms with Crippen molar-refractivity contribution in [2.45, 2.75) is 46.0 Å². The van der Waals surface area contributed by atoms with Crippen LogP contribution >= 0.6 is 0 Å². The molecule has 128 valence electrons. The number of nitrogens with zero attached hydrogens (tertiary/aromatic N) is 1. The second-order valence-corrected chi connectivity index (χ2v) is 6.87. The van der Waals surface area contributed by atoms with Gasteiger partial charge in [-0.25, -0.2) is 0 Å². The van der Waals surface area contributed by atoms with Crippen LogP contribution in [0.4, 0.5) is 5.69 Å². The van der Waals surface area contributed by atoms with Crippen molar-refractivity contribution in [3.63, 3.8) is 0 Å². The molecule has 1 heterocycles. The smallest absolute Gasteiger partial charge is 0.225 e. The minimum atomic E-state index is 0.103. The van der Waals surface area contributed by atoms with Crippen LogP contribution in [0.25, 0.3) is 0 Å². The maximum absolute atomic E-state index is 12.4. The molecule has 0 aromatic heterocycles. The summed E-state index contributed by atoms with van der Waals surface area (Å²) in [6, 6.07) is 6.33. The molecule has 0 radical (unpaired) electrons. The lowest BCUT2D eigenvalue weighted by atomic mass is 9.92. The summed E-state index contributed by atoms with van der Waals surface area (Å²) in [5.74, 6) is 0.887. The van der Waals surface area contributed by atoms with Crippen LogP contribution < -0.4 is 5.32 Å². The average molecular weight is 318 g/mol. The third-order valence-corrected chi connectivity index (χ3v) is 4.40. The zero-order valence-corrected chi connectivity index (χ0v) is 14.9. The van der Waals surface area contributed by atoms with Gasteiger partial charge in [-0.05, 0) is 23.0 Å². The van der Waals surface area contributed by atoms with Crippen molar-refractivity contribution in [2.75, 3.05) is 38.2 Å². The van der Waals surface area contributed by atoms with E-state index < -0.39 is 0 Å². The van der Waals surface area contributed by atoms with Crippen molar-refractivity contribution in [1.29, 1.82) is 0 Å². The second kappa shape index (κ2) is 8.46. The van der Waals surface area contributed by atoms with Crippen molar-refractivity contribution in [2.24, 2.45) is 0 Å². The summed E-state index contributed by atoms with van der Waals surface area (Å²) in [7, 11) is 0. The SMILES string of the molecule is CC(C)c1cccc(C(C)C)c1NC(=O)CCN1CCOCC1. The largest absolute Gasteiger partial charge is 0.379 e. The first kappa shape index (κ1) is 18.0. The molecular formula is C19H30N2O2. The summed E-state index contributed by atoms with van der Waals surface area (Å²) in [5.41, 5.74) is 3.45. The van der Waals surface area contributed by atoms with E-state index in [1.807, 2.05) is 0 Å². The van der Waals surface area contributed by atoms with Crippen molar-refractivity contribution in [1.82, 2.24) is 4.90 Å². The fourth-order valence-electron chi connectivity index (χ4n) is 2.98. The molecule has 1 amide bonds. The van der Waals surface area contributed by atoms with Crippen molar-refractivity contribution < 1.29 is 9.53 Å². The zero-order valence-electron chi connectivity index (χ0n) is 14.9. The Kier molecular flexibility index (Phi) is 6.60. The molecule has 23 heavy (non-hydrogen) atoms. The minimum Gasteiger partial charge on any atom is -0.379 e. The molecule has 1 aromatic rings. The average Bonchev–Trinajstić information content (AvgIpc) is 2.53. The van der Waals surface area contributed by atoms with Gasteiger partial charge in [-0.15, -0.1) is 0 Å². The number of nitrogens with one attached hydrogen (secondary N) is 1. The van der Waals surface area contributed by atoms with Crippen molar-refractivity contribution in [3.05, 3.63) is 29.3 Å². The van der Waals surface area contributed by atoms with Gasteiger partial charge in [0.15, 0.2) is 0 Å². The molecule has 0 saturated carbocycles. The topological polar surface area (TPSA) is 41.6 Å². The Morgan fingerprint density at radius 1 is 1.13 bits per heavy atom. The highest BCUT2D eigenvalue weighted by Gasteiger charge is 2.17. The van der Waals surface area contributed by atoms with E-state index in [-0.39, 0.29) is 5.91 Å². The number of hydrogen-bond donors (Lipinski definition) is 1. The van der Waals surface area contributed by atoms with Crippen LogP contribution in [0, 0.1) is 0 Å². The Morgan fingerprint density at radius 2 is 1.70 bits per heavy atom. The third kappa shape index (κ3) is 5.05. The minimum absolute atomic E-state index is 0.103. The van der Waals surface area contributed by atoms with Crippen molar-refractivity contribution in [3.8, 4) is 0 Å². The number of hydrogen-bond acceptors (Lipinski definition) is 3. The van der Waals surface area contributed by atoms with Crippen molar-refractivity contribution >= 4 is 11.6 Å². The number of rotatable bonds is 6. The van der Waals surface area contributed by atoms with Crippen LogP contribution in [0.15, 0.2) is 18.2 Å². The van der Waals surface area contributed by atoms with E-state index in [9.17, 15) is 4.79 Å². The first-order chi connectivity index (χ1) is 11.0. The van der Waals surface area contributed by atoms with E-state index in [0.29, 0.717) is 18.3 Å². The quantitative estimate of drug-likeness (QED) is 0.871. The summed E-state index contributed by atoms with van der Waals surface area (Å²) in [6.07, 6.45) is 0.532. The number of ether oxygens (including phenoxy) is 1. The molecule has 1 saturated heterocycles. The van der Waals surface area contributed by atoms with Gasteiger partial charge in [0.2, 0.25) is 5.91 Å². The summed E-state index contributed by atoms with van der Waals surface area (Å²) in [6.45, 7) is 12.9. The molecule has 0 bridgehead atoms. The number of morpholine rings is 1. The molecule has 1 fully saturated rings. The summed E-state index contributed by atoms with van der Waals surface area (Å²) in [5, 5.41) is 3.18. The highest BCUT2D eigenvalue weighted by atomic mass is 16.5. The fraction of sp³-hybridized carbons (Fsp3) is 0.632. The Balaban J connectivity index is 2.03. The van der Waals surface area contributed by atoms with E-state index in [0.717, 1.165) is 38.5 Å². The molecule has 1 N–H and O–H groups in total. The Labute approximate surface area is 140 Å². The number of anilines is 1. The van der Waals surface area contributed by atoms with Crippen LogP contribution in [0.1, 0.15) is 57.1 Å². The zero-order chi connectivity index (χ0) is 16.8. The van der Waals surface area contributed by atoms with Crippen LogP contribution in [-0.2, 0) is 9.53 Å². The molecule has 4 nitrogen and oxygen atoms in total. The maximum atomic E-state index is 12.4. The van der Waals surface area contributed by atoms with Gasteiger partial charge in [0, 0.05) is 31.7 Å². The highest BCUT2D eigenvalue weighted by Crippen LogP contribution is 2.32. The maximum Gasteiger partial charge on any atom is 0.225 e. The van der Waals surface area contributed by atoms with E-state index >= 15 is 0 Å². The third-order valence-electron chi connectivity index (χ3n) is 4.40. The monoisotopic (exact) mass is 318 g/mol. The number of benzene rings is 1. The Morgan fingerprint density at radius 3 is 2.22 bits per heavy atom. The standard InChI is InChI=1S/C19H30N2O2/c1-14(2)16-6-5-7-17(15(3)4)19(16)20-18(22)8-9-21-10-12-23-13-11-21/h5-7,14-15H,8-13H2,1-4H3,(H,20,22). The molecule has 2 rings (SSSR count). The molecule has 1 aliphatic rings. The molecule has 0 unspecified atom stereocenters. The molecule has 1 aliphatic heterocycles. The molecule has 0 atom stereocenters. The van der Waals surface area contributed by atoms with Crippen LogP contribution in [0.2, 0.25) is 0 Å². The Hall–Kier alpha value is -1.39. The second-order valence-electron chi connectivity index (χ2n) is 6.87. The van der Waals surface area contributed by atoms with Gasteiger partial charge >= 0.3 is 0 Å². The first-order valence-corrected chi connectivity index (χ1v) is 8.71. The fourth-order valence-corrected chi connectivity index (χ4v) is 2.98. The first-order valence-electron chi connectivity index (χ1n) is 8.71. The van der Waals surface area contributed by atoms with Crippen LogP contribution in [0.5, 0.6) is 0 Å². The van der Waals surface area contributed by atoms with E-state index in [2.05, 4.69) is 56.1 Å². The van der Waals surface area contributed by atoms with Gasteiger partial charge in [0.25, 0.3) is 0 Å². The number of carbonyl (C=O) groups is 1. The highest BCUT2D eigenvalue weighted by molar-refractivity contribution is 5.92. The predicted octanol–water partition coefficient (Wildman–Crippen LogP) is 3.59. The van der Waals surface area contributed by atoms with Crippen LogP contribution in [-0.4, -0.2) is 43.7 Å². The number of carbonyl (C=O) groups excluding carboxylic acids is 1. The number of amides is 1. The Bertz CT molecular complexity index is 494. The summed E-state index contributed by atoms with van der Waals surface area (Å²) >= 11 is 0. The molecule has 0 aliphatic carbocycles. The van der Waals surface area contributed by atoms with Gasteiger partial charge < -0.3 is 10.1 Å². The predicted molar refractivity (Wildman–Crippen MR) is 95.1 cm³/mol. The lowest BCUT2D eigenvalue weighted by molar-refractivity contribution is -0.116. The summed E-state index contributed by atoms with van der Waals surface area (Å²) in [4.78, 5) is 14.7. The lowest BCUT2D eigenvalue weighted by Crippen LogP contribution is -2.38. The van der Waals surface area contributed by atoms with Gasteiger partial charge in [-0.1, -0.05) is 45.9 Å². The lowest BCUT2D eigenvalue weighted by Gasteiger charge is -2.26.